The van der Waals surface area contributed by atoms with Crippen LogP contribution in [0, 0.1) is 0 Å². The molecule has 1 aromatic rings. The molecule has 0 aliphatic carbocycles. The number of guanidine groups is 1. The van der Waals surface area contributed by atoms with E-state index in [0.717, 1.165) is 5.56 Å². The Hall–Kier alpha value is -1.30. The number of rotatable bonds is 2. The van der Waals surface area contributed by atoms with Gasteiger partial charge in [-0.25, -0.2) is 11.3 Å². The SMILES string of the molecule is NNC(=NCl)NN=Cc1ccccc1Cl. The van der Waals surface area contributed by atoms with E-state index in [1.165, 1.54) is 6.21 Å². The second kappa shape index (κ2) is 6.23. The minimum Gasteiger partial charge on any atom is -0.292 e. The van der Waals surface area contributed by atoms with Gasteiger partial charge in [-0.15, -0.1) is 4.51 Å². The zero-order valence-corrected chi connectivity index (χ0v) is 9.13. The first kappa shape index (κ1) is 11.8. The maximum Gasteiger partial charge on any atom is 0.243 e. The second-order valence-corrected chi connectivity index (χ2v) is 3.05. The lowest BCUT2D eigenvalue weighted by Crippen LogP contribution is -2.38. The molecule has 0 heterocycles. The lowest BCUT2D eigenvalue weighted by atomic mass is 10.2. The van der Waals surface area contributed by atoms with Gasteiger partial charge in [0.15, 0.2) is 0 Å². The summed E-state index contributed by atoms with van der Waals surface area (Å²) in [6.07, 6.45) is 1.53. The molecule has 4 N–H and O–H groups in total. The number of nitrogens with two attached hydrogens (primary N) is 1. The fourth-order valence-electron chi connectivity index (χ4n) is 0.818. The van der Waals surface area contributed by atoms with Crippen LogP contribution in [0.1, 0.15) is 5.56 Å². The Morgan fingerprint density at radius 3 is 2.73 bits per heavy atom. The predicted octanol–water partition coefficient (Wildman–Crippen LogP) is 1.24. The third-order valence-corrected chi connectivity index (χ3v) is 2.01. The van der Waals surface area contributed by atoms with Gasteiger partial charge in [0.25, 0.3) is 0 Å². The Kier molecular flexibility index (Phi) is 4.89. The molecule has 5 nitrogen and oxygen atoms in total. The summed E-state index contributed by atoms with van der Waals surface area (Å²) in [7, 11) is 0. The fraction of sp³-hybridized carbons (Fsp3) is 0. The number of hydrazone groups is 1. The molecule has 0 spiro atoms. The highest BCUT2D eigenvalue weighted by atomic mass is 35.5. The van der Waals surface area contributed by atoms with E-state index in [-0.39, 0.29) is 5.96 Å². The highest BCUT2D eigenvalue weighted by Crippen LogP contribution is 2.11. The van der Waals surface area contributed by atoms with Crippen LogP contribution in [0.4, 0.5) is 0 Å². The van der Waals surface area contributed by atoms with Crippen molar-refractivity contribution in [3.8, 4) is 0 Å². The average molecular weight is 246 g/mol. The van der Waals surface area contributed by atoms with E-state index in [1.807, 2.05) is 18.2 Å². The highest BCUT2D eigenvalue weighted by Gasteiger charge is 1.94. The third-order valence-electron chi connectivity index (χ3n) is 1.50. The van der Waals surface area contributed by atoms with Gasteiger partial charge in [0.2, 0.25) is 5.96 Å². The van der Waals surface area contributed by atoms with Gasteiger partial charge in [-0.05, 0) is 6.07 Å². The Morgan fingerprint density at radius 1 is 1.40 bits per heavy atom. The van der Waals surface area contributed by atoms with Crippen molar-refractivity contribution in [3.63, 3.8) is 0 Å². The van der Waals surface area contributed by atoms with Gasteiger partial charge in [-0.2, -0.15) is 5.10 Å². The lowest BCUT2D eigenvalue weighted by Gasteiger charge is -2.00. The molecule has 0 saturated heterocycles. The van der Waals surface area contributed by atoms with E-state index in [1.54, 1.807) is 6.07 Å². The van der Waals surface area contributed by atoms with Crippen molar-refractivity contribution in [3.05, 3.63) is 34.9 Å². The molecule has 1 aromatic carbocycles. The van der Waals surface area contributed by atoms with Gasteiger partial charge in [-0.1, -0.05) is 29.8 Å². The van der Waals surface area contributed by atoms with Gasteiger partial charge in [0.1, 0.15) is 0 Å². The van der Waals surface area contributed by atoms with Crippen LogP contribution in [0.25, 0.3) is 0 Å². The minimum absolute atomic E-state index is 0.139. The molecule has 0 amide bonds. The topological polar surface area (TPSA) is 74.8 Å². The van der Waals surface area contributed by atoms with E-state index < -0.39 is 0 Å². The first-order valence-electron chi connectivity index (χ1n) is 3.97. The molecule has 1 rings (SSSR count). The summed E-state index contributed by atoms with van der Waals surface area (Å²) in [4.78, 5) is 0. The van der Waals surface area contributed by atoms with Crippen LogP contribution in [0.2, 0.25) is 5.02 Å². The average Bonchev–Trinajstić information content (AvgIpc) is 2.27. The van der Waals surface area contributed by atoms with Gasteiger partial charge >= 0.3 is 0 Å². The van der Waals surface area contributed by atoms with E-state index in [4.69, 9.17) is 29.2 Å². The number of hydrazine groups is 1. The number of halogens is 2. The van der Waals surface area contributed by atoms with E-state index >= 15 is 0 Å². The van der Waals surface area contributed by atoms with E-state index in [2.05, 4.69) is 20.5 Å². The van der Waals surface area contributed by atoms with Crippen molar-refractivity contribution in [2.45, 2.75) is 0 Å². The molecule has 7 heteroatoms. The van der Waals surface area contributed by atoms with Crippen LogP contribution < -0.4 is 16.7 Å². The summed E-state index contributed by atoms with van der Waals surface area (Å²) in [6.45, 7) is 0. The van der Waals surface area contributed by atoms with Crippen molar-refractivity contribution in [2.24, 2.45) is 15.5 Å². The first-order valence-corrected chi connectivity index (χ1v) is 4.68. The van der Waals surface area contributed by atoms with Crippen LogP contribution in [-0.4, -0.2) is 12.2 Å². The summed E-state index contributed by atoms with van der Waals surface area (Å²) in [5.41, 5.74) is 5.48. The molecular weight excluding hydrogens is 237 g/mol. The lowest BCUT2D eigenvalue weighted by molar-refractivity contribution is 0.906. The summed E-state index contributed by atoms with van der Waals surface area (Å²) in [6, 6.07) is 7.27. The molecule has 0 aliphatic heterocycles. The van der Waals surface area contributed by atoms with Crippen LogP contribution in [0.3, 0.4) is 0 Å². The summed E-state index contributed by atoms with van der Waals surface area (Å²) in [5.74, 6) is 5.20. The van der Waals surface area contributed by atoms with Gasteiger partial charge in [-0.3, -0.25) is 5.43 Å². The van der Waals surface area contributed by atoms with Crippen molar-refractivity contribution in [1.82, 2.24) is 10.9 Å². The standard InChI is InChI=1S/C8H9Cl2N5/c9-7-4-2-1-3-6(7)5-12-15-8(13-10)14-11/h1-5H,11H2,(H2,13,14,15). The maximum absolute atomic E-state index is 5.89. The van der Waals surface area contributed by atoms with Crippen LogP contribution in [-0.2, 0) is 0 Å². The van der Waals surface area contributed by atoms with Crippen molar-refractivity contribution in [2.75, 3.05) is 0 Å². The minimum atomic E-state index is 0.139. The molecule has 0 aromatic heterocycles. The largest absolute Gasteiger partial charge is 0.292 e. The number of hydrogen-bond donors (Lipinski definition) is 3. The zero-order chi connectivity index (χ0) is 11.1. The molecule has 0 radical (unpaired) electrons. The Balaban J connectivity index is 2.63. The van der Waals surface area contributed by atoms with E-state index in [0.29, 0.717) is 5.02 Å². The second-order valence-electron chi connectivity index (χ2n) is 2.47. The van der Waals surface area contributed by atoms with Gasteiger partial charge in [0, 0.05) is 22.4 Å². The molecule has 80 valence electrons. The highest BCUT2D eigenvalue weighted by molar-refractivity contribution is 6.33. The normalized spacial score (nSPS) is 11.8. The smallest absolute Gasteiger partial charge is 0.243 e. The molecule has 0 fully saturated rings. The van der Waals surface area contributed by atoms with E-state index in [9.17, 15) is 0 Å². The predicted molar refractivity (Wildman–Crippen MR) is 62.8 cm³/mol. The molecule has 0 aliphatic rings. The first-order chi connectivity index (χ1) is 7.27. The quantitative estimate of drug-likeness (QED) is 0.318. The van der Waals surface area contributed by atoms with Crippen LogP contribution >= 0.6 is 23.4 Å². The van der Waals surface area contributed by atoms with Crippen molar-refractivity contribution < 1.29 is 0 Å². The van der Waals surface area contributed by atoms with Crippen LogP contribution in [0.5, 0.6) is 0 Å². The number of benzene rings is 1. The molecule has 0 unspecified atom stereocenters. The number of hydrogen-bond acceptors (Lipinski definition) is 3. The summed E-state index contributed by atoms with van der Waals surface area (Å²) in [5, 5.41) is 4.43. The van der Waals surface area contributed by atoms with Gasteiger partial charge < -0.3 is 0 Å². The molecule has 0 bridgehead atoms. The van der Waals surface area contributed by atoms with Gasteiger partial charge in [0.05, 0.1) is 6.21 Å². The van der Waals surface area contributed by atoms with Crippen molar-refractivity contribution in [1.29, 1.82) is 0 Å². The monoisotopic (exact) mass is 245 g/mol. The number of nitrogens with zero attached hydrogens (tertiary/aromatic N) is 2. The molecule has 0 saturated carbocycles. The fourth-order valence-corrected chi connectivity index (χ4v) is 1.09. The third kappa shape index (κ3) is 3.75. The molecule has 15 heavy (non-hydrogen) atoms. The Labute approximate surface area is 97.1 Å². The van der Waals surface area contributed by atoms with Crippen molar-refractivity contribution >= 4 is 35.6 Å². The summed E-state index contributed by atoms with van der Waals surface area (Å²) < 4.78 is 3.26. The zero-order valence-electron chi connectivity index (χ0n) is 7.61. The Morgan fingerprint density at radius 2 is 2.13 bits per heavy atom. The Bertz CT molecular complexity index is 377. The maximum atomic E-state index is 5.89. The summed E-state index contributed by atoms with van der Waals surface area (Å²) >= 11 is 11.1. The van der Waals surface area contributed by atoms with Crippen LogP contribution in [0.15, 0.2) is 33.9 Å². The molecule has 0 atom stereocenters. The number of nitrogens with one attached hydrogen (secondary N) is 2. The molecular formula is C8H9Cl2N5.